The molecule has 4 rings (SSSR count). The number of halogens is 3. The van der Waals surface area contributed by atoms with Crippen LogP contribution in [0.1, 0.15) is 75.6 Å². The van der Waals surface area contributed by atoms with Crippen molar-refractivity contribution in [2.24, 2.45) is 17.3 Å². The van der Waals surface area contributed by atoms with E-state index in [1.54, 1.807) is 17.2 Å². The average Bonchev–Trinajstić information content (AvgIpc) is 3.31. The van der Waals surface area contributed by atoms with E-state index in [1.807, 2.05) is 40.9 Å². The number of carboxylic acids is 1. The van der Waals surface area contributed by atoms with Crippen LogP contribution in [0.15, 0.2) is 36.5 Å². The summed E-state index contributed by atoms with van der Waals surface area (Å²) in [5, 5.41) is 10.7. The summed E-state index contributed by atoms with van der Waals surface area (Å²) < 4.78 is 52.8. The third kappa shape index (κ3) is 6.76. The number of hydrogen-bond acceptors (Lipinski definition) is 6. The van der Waals surface area contributed by atoms with Gasteiger partial charge >= 0.3 is 12.1 Å². The summed E-state index contributed by atoms with van der Waals surface area (Å²) in [4.78, 5) is 35.3. The van der Waals surface area contributed by atoms with Gasteiger partial charge < -0.3 is 24.4 Å². The number of nitrogens with zero attached hydrogens (tertiary/aromatic N) is 3. The Morgan fingerprint density at radius 2 is 1.77 bits per heavy atom. The Balaban J connectivity index is 1.89. The van der Waals surface area contributed by atoms with E-state index in [1.165, 1.54) is 18.1 Å². The summed E-state index contributed by atoms with van der Waals surface area (Å²) in [7, 11) is 4.99. The van der Waals surface area contributed by atoms with Crippen LogP contribution in [-0.2, 0) is 27.1 Å². The van der Waals surface area contributed by atoms with Gasteiger partial charge in [-0.1, -0.05) is 46.1 Å². The Labute approximate surface area is 251 Å². The number of pyridine rings is 1. The number of carbonyl (C=O) groups excluding carboxylic acids is 1. The molecule has 2 aromatic rings. The molecule has 0 bridgehead atoms. The molecule has 1 amide bonds. The molecule has 1 aromatic carbocycles. The number of carbonyl (C=O) groups is 2. The van der Waals surface area contributed by atoms with Gasteiger partial charge in [0.25, 0.3) is 0 Å². The number of methoxy groups -OCH3 is 1. The fraction of sp³-hybridized carbons (Fsp3) is 0.594. The number of rotatable bonds is 8. The van der Waals surface area contributed by atoms with Gasteiger partial charge in [0, 0.05) is 43.3 Å². The van der Waals surface area contributed by atoms with Crippen molar-refractivity contribution in [2.75, 3.05) is 26.1 Å². The summed E-state index contributed by atoms with van der Waals surface area (Å²) >= 11 is 0. The zero-order valence-electron chi connectivity index (χ0n) is 25.6. The maximum atomic E-state index is 14.4. The first-order valence-electron chi connectivity index (χ1n) is 14.7. The number of carboxylic acid groups (broad SMARTS) is 1. The number of alkyl halides is 3. The lowest BCUT2D eigenvalue weighted by molar-refractivity contribution is -0.154. The van der Waals surface area contributed by atoms with Crippen molar-refractivity contribution in [1.29, 1.82) is 0 Å². The number of aliphatic carboxylic acids is 1. The maximum Gasteiger partial charge on any atom is 0.416 e. The monoisotopic (exact) mass is 605 g/mol. The molecule has 0 spiro atoms. The van der Waals surface area contributed by atoms with Crippen LogP contribution in [0.5, 0.6) is 5.75 Å². The Kier molecular flexibility index (Phi) is 9.63. The van der Waals surface area contributed by atoms with E-state index in [0.29, 0.717) is 24.2 Å². The molecule has 1 unspecified atom stereocenters. The van der Waals surface area contributed by atoms with Crippen LogP contribution in [0.4, 0.5) is 19.0 Å². The van der Waals surface area contributed by atoms with Crippen molar-refractivity contribution in [1.82, 2.24) is 9.88 Å². The minimum Gasteiger partial charge on any atom is -0.496 e. The second-order valence-corrected chi connectivity index (χ2v) is 12.8. The van der Waals surface area contributed by atoms with Crippen LogP contribution in [0, 0.1) is 17.3 Å². The molecule has 1 aromatic heterocycles. The molecule has 1 aliphatic carbocycles. The van der Waals surface area contributed by atoms with Crippen LogP contribution in [0.2, 0.25) is 0 Å². The Hall–Kier alpha value is -3.34. The number of benzene rings is 1. The molecule has 1 N–H and O–H groups in total. The van der Waals surface area contributed by atoms with Crippen molar-refractivity contribution < 1.29 is 37.3 Å². The van der Waals surface area contributed by atoms with Crippen LogP contribution in [-0.4, -0.2) is 60.2 Å². The Morgan fingerprint density at radius 3 is 2.33 bits per heavy atom. The van der Waals surface area contributed by atoms with Gasteiger partial charge in [0.05, 0.1) is 31.4 Å². The minimum absolute atomic E-state index is 0.173. The molecule has 1 saturated heterocycles. The predicted molar refractivity (Wildman–Crippen MR) is 156 cm³/mol. The maximum absolute atomic E-state index is 14.4. The highest BCUT2D eigenvalue weighted by atomic mass is 19.4. The highest BCUT2D eigenvalue weighted by Crippen LogP contribution is 2.52. The van der Waals surface area contributed by atoms with Gasteiger partial charge in [-0.3, -0.25) is 4.79 Å². The van der Waals surface area contributed by atoms with Crippen molar-refractivity contribution in [2.45, 2.75) is 83.8 Å². The third-order valence-corrected chi connectivity index (χ3v) is 8.66. The van der Waals surface area contributed by atoms with Crippen molar-refractivity contribution >= 4 is 17.7 Å². The van der Waals surface area contributed by atoms with Crippen molar-refractivity contribution in [3.63, 3.8) is 0 Å². The molecule has 2 fully saturated rings. The summed E-state index contributed by atoms with van der Waals surface area (Å²) in [5.74, 6) is -1.63. The highest BCUT2D eigenvalue weighted by molar-refractivity contribution is 5.87. The summed E-state index contributed by atoms with van der Waals surface area (Å²) in [6.07, 6.45) is 0.332. The zero-order chi connectivity index (χ0) is 31.7. The van der Waals surface area contributed by atoms with Crippen molar-refractivity contribution in [3.05, 3.63) is 53.2 Å². The van der Waals surface area contributed by atoms with Gasteiger partial charge in [-0.2, -0.15) is 13.2 Å². The topological polar surface area (TPSA) is 92.2 Å². The van der Waals surface area contributed by atoms with Gasteiger partial charge in [0.1, 0.15) is 17.6 Å². The summed E-state index contributed by atoms with van der Waals surface area (Å²) in [6, 6.07) is 4.68. The Morgan fingerprint density at radius 1 is 1.09 bits per heavy atom. The molecule has 11 heteroatoms. The largest absolute Gasteiger partial charge is 0.496 e. The van der Waals surface area contributed by atoms with E-state index >= 15 is 0 Å². The first-order valence-corrected chi connectivity index (χ1v) is 14.7. The SMILES string of the molecule is COc1ccc(C(F)(F)F)cc1COC1[C@@H](c2cccnc2N(C)C)N(C(=O)C2CCCCC2)[C@@H](C(=O)O)[C@@H]1C(C)(C)C. The fourth-order valence-electron chi connectivity index (χ4n) is 6.74. The molecule has 4 atom stereocenters. The number of anilines is 1. The molecular formula is C32H42F3N3O5. The number of ether oxygens (including phenoxy) is 2. The summed E-state index contributed by atoms with van der Waals surface area (Å²) in [6.45, 7) is 5.42. The molecule has 43 heavy (non-hydrogen) atoms. The highest BCUT2D eigenvalue weighted by Gasteiger charge is 2.60. The zero-order valence-corrected chi connectivity index (χ0v) is 25.6. The van der Waals surface area contributed by atoms with E-state index < -0.39 is 47.2 Å². The van der Waals surface area contributed by atoms with Crippen LogP contribution in [0.25, 0.3) is 0 Å². The minimum atomic E-state index is -4.57. The first-order chi connectivity index (χ1) is 20.2. The fourth-order valence-corrected chi connectivity index (χ4v) is 6.74. The molecule has 1 aliphatic heterocycles. The molecule has 2 heterocycles. The molecule has 8 nitrogen and oxygen atoms in total. The van der Waals surface area contributed by atoms with Crippen LogP contribution in [0.3, 0.4) is 0 Å². The number of likely N-dealkylation sites (tertiary alicyclic amines) is 1. The lowest BCUT2D eigenvalue weighted by Gasteiger charge is -2.36. The quantitative estimate of drug-likeness (QED) is 0.376. The van der Waals surface area contributed by atoms with E-state index in [0.717, 1.165) is 31.4 Å². The van der Waals surface area contributed by atoms with Gasteiger partial charge in [-0.05, 0) is 42.5 Å². The lowest BCUT2D eigenvalue weighted by atomic mass is 9.73. The van der Waals surface area contributed by atoms with Crippen molar-refractivity contribution in [3.8, 4) is 5.75 Å². The van der Waals surface area contributed by atoms with E-state index in [-0.39, 0.29) is 29.7 Å². The van der Waals surface area contributed by atoms with Gasteiger partial charge in [-0.15, -0.1) is 0 Å². The standard InChI is InChI=1S/C32H42F3N3O5/c1-31(2,3)24-26(30(40)41)38(29(39)19-11-8-7-9-12-19)25(22-13-10-16-36-28(22)37(4)5)27(24)43-18-20-17-21(32(33,34)35)14-15-23(20)42-6/h10,13-17,19,24-27H,7-9,11-12,18H2,1-6H3,(H,40,41)/t24-,25+,26+,27?/m0/s1. The van der Waals surface area contributed by atoms with Gasteiger partial charge in [0.2, 0.25) is 5.91 Å². The average molecular weight is 606 g/mol. The second-order valence-electron chi connectivity index (χ2n) is 12.8. The van der Waals surface area contributed by atoms with E-state index in [9.17, 15) is 27.9 Å². The van der Waals surface area contributed by atoms with Gasteiger partial charge in [-0.25, -0.2) is 9.78 Å². The molecule has 1 saturated carbocycles. The first kappa shape index (κ1) is 32.6. The predicted octanol–water partition coefficient (Wildman–Crippen LogP) is 6.34. The number of aromatic nitrogens is 1. The van der Waals surface area contributed by atoms with E-state index in [4.69, 9.17) is 9.47 Å². The summed E-state index contributed by atoms with van der Waals surface area (Å²) in [5.41, 5.74) is -0.712. The number of hydrogen-bond donors (Lipinski definition) is 1. The second kappa shape index (κ2) is 12.7. The third-order valence-electron chi connectivity index (χ3n) is 8.66. The van der Waals surface area contributed by atoms with Crippen LogP contribution >= 0.6 is 0 Å². The molecule has 0 radical (unpaired) electrons. The van der Waals surface area contributed by atoms with E-state index in [2.05, 4.69) is 4.98 Å². The lowest BCUT2D eigenvalue weighted by Crippen LogP contribution is -2.49. The van der Waals surface area contributed by atoms with Gasteiger partial charge in [0.15, 0.2) is 0 Å². The molecule has 2 aliphatic rings. The molecular weight excluding hydrogens is 563 g/mol. The number of amides is 1. The molecule has 236 valence electrons. The normalized spacial score (nSPS) is 23.3. The Bertz CT molecular complexity index is 1300. The smallest absolute Gasteiger partial charge is 0.416 e. The van der Waals surface area contributed by atoms with Crippen LogP contribution < -0.4 is 9.64 Å².